The maximum absolute atomic E-state index is 6.07. The monoisotopic (exact) mass is 420 g/mol. The SMILES string of the molecule is COC1CCC(N(C)Cc2ccc3c(c2)CC(c2cc(N)nc4nc(C)[nH]c24)N3)CC1. The molecule has 7 nitrogen and oxygen atoms in total. The Morgan fingerprint density at radius 2 is 1.97 bits per heavy atom. The molecule has 1 aliphatic heterocycles. The van der Waals surface area contributed by atoms with Crippen LogP contribution in [0.15, 0.2) is 24.3 Å². The number of aryl methyl sites for hydroxylation is 1. The van der Waals surface area contributed by atoms with Crippen molar-refractivity contribution in [1.29, 1.82) is 0 Å². The Balaban J connectivity index is 1.30. The van der Waals surface area contributed by atoms with Crippen LogP contribution in [0.4, 0.5) is 11.5 Å². The number of ether oxygens (including phenoxy) is 1. The van der Waals surface area contributed by atoms with Gasteiger partial charge >= 0.3 is 0 Å². The zero-order chi connectivity index (χ0) is 21.5. The number of hydrogen-bond donors (Lipinski definition) is 3. The second kappa shape index (κ2) is 8.13. The Bertz CT molecular complexity index is 1090. The molecule has 0 saturated heterocycles. The number of nitrogens with zero attached hydrogens (tertiary/aromatic N) is 3. The zero-order valence-corrected chi connectivity index (χ0v) is 18.6. The Labute approximate surface area is 183 Å². The van der Waals surface area contributed by atoms with Crippen LogP contribution in [0.3, 0.4) is 0 Å². The third-order valence-corrected chi connectivity index (χ3v) is 6.96. The summed E-state index contributed by atoms with van der Waals surface area (Å²) in [4.78, 5) is 14.7. The molecule has 3 aromatic rings. The first-order valence-electron chi connectivity index (χ1n) is 11.2. The third-order valence-electron chi connectivity index (χ3n) is 6.96. The quantitative estimate of drug-likeness (QED) is 0.579. The van der Waals surface area contributed by atoms with Crippen molar-refractivity contribution in [3.05, 3.63) is 46.8 Å². The molecular formula is C24H32N6O. The number of nitrogens with two attached hydrogens (primary N) is 1. The number of aromatic amines is 1. The van der Waals surface area contributed by atoms with E-state index in [1.807, 2.05) is 20.1 Å². The fourth-order valence-corrected chi connectivity index (χ4v) is 5.26. The largest absolute Gasteiger partial charge is 0.384 e. The molecule has 1 aliphatic carbocycles. The van der Waals surface area contributed by atoms with Gasteiger partial charge in [0.05, 0.1) is 17.7 Å². The molecule has 2 aromatic heterocycles. The van der Waals surface area contributed by atoms with E-state index >= 15 is 0 Å². The van der Waals surface area contributed by atoms with Crippen molar-refractivity contribution in [2.24, 2.45) is 0 Å². The van der Waals surface area contributed by atoms with Gasteiger partial charge in [-0.05, 0) is 69.3 Å². The molecular weight excluding hydrogens is 388 g/mol. The van der Waals surface area contributed by atoms with E-state index in [-0.39, 0.29) is 6.04 Å². The fourth-order valence-electron chi connectivity index (χ4n) is 5.26. The van der Waals surface area contributed by atoms with Gasteiger partial charge in [0.25, 0.3) is 0 Å². The number of nitrogen functional groups attached to an aromatic ring is 1. The van der Waals surface area contributed by atoms with Crippen LogP contribution in [0, 0.1) is 6.92 Å². The van der Waals surface area contributed by atoms with Gasteiger partial charge in [0.15, 0.2) is 5.65 Å². The average molecular weight is 421 g/mol. The summed E-state index contributed by atoms with van der Waals surface area (Å²) < 4.78 is 5.53. The van der Waals surface area contributed by atoms with Gasteiger partial charge < -0.3 is 20.8 Å². The molecule has 1 unspecified atom stereocenters. The van der Waals surface area contributed by atoms with Crippen LogP contribution in [-0.2, 0) is 17.7 Å². The molecule has 0 radical (unpaired) electrons. The van der Waals surface area contributed by atoms with Crippen LogP contribution in [0.1, 0.15) is 54.2 Å². The molecule has 164 valence electrons. The first-order chi connectivity index (χ1) is 15.0. The van der Waals surface area contributed by atoms with Crippen molar-refractivity contribution in [2.75, 3.05) is 25.2 Å². The second-order valence-corrected chi connectivity index (χ2v) is 9.13. The highest BCUT2D eigenvalue weighted by atomic mass is 16.5. The van der Waals surface area contributed by atoms with Crippen LogP contribution < -0.4 is 11.1 Å². The van der Waals surface area contributed by atoms with E-state index in [0.29, 0.717) is 23.6 Å². The number of benzene rings is 1. The van der Waals surface area contributed by atoms with Gasteiger partial charge in [-0.3, -0.25) is 4.90 Å². The van der Waals surface area contributed by atoms with Crippen LogP contribution in [0.5, 0.6) is 0 Å². The van der Waals surface area contributed by atoms with Crippen molar-refractivity contribution in [3.63, 3.8) is 0 Å². The normalized spacial score (nSPS) is 23.3. The summed E-state index contributed by atoms with van der Waals surface area (Å²) in [7, 11) is 4.09. The van der Waals surface area contributed by atoms with Crippen molar-refractivity contribution < 1.29 is 4.74 Å². The van der Waals surface area contributed by atoms with Crippen molar-refractivity contribution >= 4 is 22.7 Å². The van der Waals surface area contributed by atoms with E-state index < -0.39 is 0 Å². The summed E-state index contributed by atoms with van der Waals surface area (Å²) in [6.07, 6.45) is 6.14. The summed E-state index contributed by atoms with van der Waals surface area (Å²) >= 11 is 0. The summed E-state index contributed by atoms with van der Waals surface area (Å²) in [5.74, 6) is 1.37. The summed E-state index contributed by atoms with van der Waals surface area (Å²) in [5, 5.41) is 3.68. The molecule has 1 fully saturated rings. The summed E-state index contributed by atoms with van der Waals surface area (Å²) in [6.45, 7) is 2.93. The lowest BCUT2D eigenvalue weighted by Gasteiger charge is -2.34. The maximum Gasteiger partial charge on any atom is 0.180 e. The number of fused-ring (bicyclic) bond motifs is 2. The molecule has 1 saturated carbocycles. The molecule has 1 atom stereocenters. The number of imidazole rings is 1. The zero-order valence-electron chi connectivity index (χ0n) is 18.6. The number of nitrogens with one attached hydrogen (secondary N) is 2. The Morgan fingerprint density at radius 1 is 1.16 bits per heavy atom. The molecule has 2 aliphatic rings. The van der Waals surface area contributed by atoms with Gasteiger partial charge in [-0.2, -0.15) is 0 Å². The number of pyridine rings is 1. The molecule has 7 heteroatoms. The molecule has 4 N–H and O–H groups in total. The average Bonchev–Trinajstić information content (AvgIpc) is 3.35. The Kier molecular flexibility index (Phi) is 5.32. The number of methoxy groups -OCH3 is 1. The number of anilines is 2. The van der Waals surface area contributed by atoms with Gasteiger partial charge in [-0.25, -0.2) is 9.97 Å². The van der Waals surface area contributed by atoms with E-state index in [1.54, 1.807) is 0 Å². The van der Waals surface area contributed by atoms with E-state index in [0.717, 1.165) is 42.7 Å². The highest BCUT2D eigenvalue weighted by Crippen LogP contribution is 2.37. The Morgan fingerprint density at radius 3 is 2.74 bits per heavy atom. The minimum absolute atomic E-state index is 0.167. The number of rotatable bonds is 5. The van der Waals surface area contributed by atoms with Gasteiger partial charge in [-0.1, -0.05) is 12.1 Å². The van der Waals surface area contributed by atoms with Crippen LogP contribution in [-0.4, -0.2) is 46.2 Å². The number of aromatic nitrogens is 3. The first kappa shape index (κ1) is 20.3. The number of H-pyrrole nitrogens is 1. The van der Waals surface area contributed by atoms with Crippen LogP contribution in [0.2, 0.25) is 0 Å². The van der Waals surface area contributed by atoms with Gasteiger partial charge in [0, 0.05) is 30.9 Å². The minimum atomic E-state index is 0.167. The first-order valence-corrected chi connectivity index (χ1v) is 11.2. The topological polar surface area (TPSA) is 92.1 Å². The molecule has 0 spiro atoms. The van der Waals surface area contributed by atoms with Crippen molar-refractivity contribution in [1.82, 2.24) is 19.9 Å². The molecule has 0 amide bonds. The predicted octanol–water partition coefficient (Wildman–Crippen LogP) is 3.95. The maximum atomic E-state index is 6.07. The van der Waals surface area contributed by atoms with Gasteiger partial charge in [0.1, 0.15) is 11.6 Å². The van der Waals surface area contributed by atoms with Crippen LogP contribution >= 0.6 is 0 Å². The molecule has 31 heavy (non-hydrogen) atoms. The lowest BCUT2D eigenvalue weighted by Crippen LogP contribution is -2.36. The number of hydrogen-bond acceptors (Lipinski definition) is 6. The van der Waals surface area contributed by atoms with E-state index in [4.69, 9.17) is 10.5 Å². The lowest BCUT2D eigenvalue weighted by molar-refractivity contribution is 0.0427. The smallest absolute Gasteiger partial charge is 0.180 e. The van der Waals surface area contributed by atoms with Crippen molar-refractivity contribution in [3.8, 4) is 0 Å². The highest BCUT2D eigenvalue weighted by molar-refractivity contribution is 5.79. The molecule has 5 rings (SSSR count). The summed E-state index contributed by atoms with van der Waals surface area (Å²) in [5.41, 5.74) is 12.8. The highest BCUT2D eigenvalue weighted by Gasteiger charge is 2.27. The Hall–Kier alpha value is -2.64. The standard InChI is InChI=1S/C24H32N6O/c1-14-26-23-19(12-22(25)29-24(23)27-14)21-11-16-10-15(4-9-20(16)28-21)13-30(2)17-5-7-18(31-3)8-6-17/h4,9-10,12,17-18,21,28H,5-8,11,13H2,1-3H3,(H3,25,26,27,29). The predicted molar refractivity (Wildman–Crippen MR) is 124 cm³/mol. The minimum Gasteiger partial charge on any atom is -0.384 e. The van der Waals surface area contributed by atoms with E-state index in [2.05, 4.69) is 50.4 Å². The molecule has 1 aromatic carbocycles. The van der Waals surface area contributed by atoms with Gasteiger partial charge in [0.2, 0.25) is 0 Å². The summed E-state index contributed by atoms with van der Waals surface area (Å²) in [6, 6.07) is 9.61. The molecule has 0 bridgehead atoms. The molecule has 3 heterocycles. The fraction of sp³-hybridized carbons (Fsp3) is 0.500. The van der Waals surface area contributed by atoms with E-state index in [9.17, 15) is 0 Å². The van der Waals surface area contributed by atoms with E-state index in [1.165, 1.54) is 29.7 Å². The lowest BCUT2D eigenvalue weighted by atomic mass is 9.92. The van der Waals surface area contributed by atoms with Crippen molar-refractivity contribution in [2.45, 2.75) is 63.8 Å². The van der Waals surface area contributed by atoms with Crippen LogP contribution in [0.25, 0.3) is 11.2 Å². The second-order valence-electron chi connectivity index (χ2n) is 9.13. The third kappa shape index (κ3) is 4.00. The van der Waals surface area contributed by atoms with Gasteiger partial charge in [-0.15, -0.1) is 0 Å².